The molecule has 0 unspecified atom stereocenters. The first-order chi connectivity index (χ1) is 21.7. The molecule has 5 heteroatoms. The Balaban J connectivity index is 1.26. The molecule has 0 spiro atoms. The number of rotatable bonds is 5. The van der Waals surface area contributed by atoms with Crippen LogP contribution >= 0.6 is 27.3 Å². The molecule has 0 fully saturated rings. The fraction of sp³-hybridized carbons (Fsp3) is 0. The van der Waals surface area contributed by atoms with E-state index in [0.717, 1.165) is 26.7 Å². The van der Waals surface area contributed by atoms with Crippen LogP contribution in [0.3, 0.4) is 0 Å². The molecule has 0 amide bonds. The van der Waals surface area contributed by atoms with Gasteiger partial charge < -0.3 is 0 Å². The monoisotopic (exact) mass is 645 g/mol. The average molecular weight is 647 g/mol. The minimum Gasteiger partial charge on any atom is -0.208 e. The molecule has 0 saturated carbocycles. The van der Waals surface area contributed by atoms with Crippen molar-refractivity contribution >= 4 is 47.4 Å². The molecule has 2 heterocycles. The summed E-state index contributed by atoms with van der Waals surface area (Å²) in [5.74, 6) is 1.97. The highest BCUT2D eigenvalue weighted by molar-refractivity contribution is 9.10. The second kappa shape index (κ2) is 11.3. The topological polar surface area (TPSA) is 38.7 Å². The van der Waals surface area contributed by atoms with E-state index < -0.39 is 0 Å². The number of fused-ring (bicyclic) bond motifs is 3. The van der Waals surface area contributed by atoms with Crippen LogP contribution in [0, 0.1) is 0 Å². The van der Waals surface area contributed by atoms with Crippen LogP contribution < -0.4 is 0 Å². The predicted octanol–water partition coefficient (Wildman–Crippen LogP) is 11.3. The van der Waals surface area contributed by atoms with Crippen molar-refractivity contribution in [3.05, 3.63) is 150 Å². The average Bonchev–Trinajstić information content (AvgIpc) is 3.49. The molecular formula is C39H24BrN3S. The number of benzene rings is 6. The van der Waals surface area contributed by atoms with Gasteiger partial charge in [-0.1, -0.05) is 127 Å². The fourth-order valence-corrected chi connectivity index (χ4v) is 7.45. The standard InChI is InChI=1S/C39H24BrN3S/c40-34-18-10-17-31-33-24-30(23-32(35(33)44-36(31)34)26-11-4-1-5-12-26)25-19-21-29(22-20-25)39-42-37(27-13-6-2-7-14-27)41-38(43-39)28-15-8-3-9-16-28/h1-24H. The van der Waals surface area contributed by atoms with Crippen molar-refractivity contribution in [1.82, 2.24) is 15.0 Å². The smallest absolute Gasteiger partial charge is 0.164 e. The maximum Gasteiger partial charge on any atom is 0.164 e. The molecular weight excluding hydrogens is 622 g/mol. The summed E-state index contributed by atoms with van der Waals surface area (Å²) in [5, 5.41) is 2.53. The van der Waals surface area contributed by atoms with Crippen LogP contribution in [-0.2, 0) is 0 Å². The maximum atomic E-state index is 4.91. The van der Waals surface area contributed by atoms with Gasteiger partial charge in [-0.25, -0.2) is 15.0 Å². The van der Waals surface area contributed by atoms with E-state index in [4.69, 9.17) is 15.0 Å². The molecule has 0 aliphatic carbocycles. The zero-order valence-corrected chi connectivity index (χ0v) is 25.9. The summed E-state index contributed by atoms with van der Waals surface area (Å²) >= 11 is 5.63. The normalized spacial score (nSPS) is 11.3. The molecule has 8 aromatic rings. The molecule has 208 valence electrons. The van der Waals surface area contributed by atoms with Crippen molar-refractivity contribution in [2.24, 2.45) is 0 Å². The lowest BCUT2D eigenvalue weighted by atomic mass is 9.95. The first-order valence-electron chi connectivity index (χ1n) is 14.4. The number of halogens is 1. The van der Waals surface area contributed by atoms with Crippen molar-refractivity contribution in [3.8, 4) is 56.4 Å². The van der Waals surface area contributed by atoms with Crippen molar-refractivity contribution in [3.63, 3.8) is 0 Å². The number of nitrogens with zero attached hydrogens (tertiary/aromatic N) is 3. The van der Waals surface area contributed by atoms with Crippen LogP contribution in [0.25, 0.3) is 76.6 Å². The second-order valence-corrected chi connectivity index (χ2v) is 12.5. The molecule has 0 saturated heterocycles. The molecule has 0 aliphatic heterocycles. The van der Waals surface area contributed by atoms with Crippen LogP contribution in [0.1, 0.15) is 0 Å². The molecule has 6 aromatic carbocycles. The van der Waals surface area contributed by atoms with E-state index in [-0.39, 0.29) is 0 Å². The Morgan fingerprint density at radius 3 is 1.45 bits per heavy atom. The lowest BCUT2D eigenvalue weighted by molar-refractivity contribution is 1.07. The van der Waals surface area contributed by atoms with Crippen LogP contribution in [0.2, 0.25) is 0 Å². The SMILES string of the molecule is Brc1cccc2c1sc1c(-c3ccccc3)cc(-c3ccc(-c4nc(-c5ccccc5)nc(-c5ccccc5)n4)cc3)cc12. The first-order valence-corrected chi connectivity index (χ1v) is 16.0. The summed E-state index contributed by atoms with van der Waals surface area (Å²) < 4.78 is 3.69. The molecule has 0 aliphatic rings. The lowest BCUT2D eigenvalue weighted by Crippen LogP contribution is -2.00. The van der Waals surface area contributed by atoms with Crippen LogP contribution in [0.4, 0.5) is 0 Å². The maximum absolute atomic E-state index is 4.91. The third-order valence-corrected chi connectivity index (χ3v) is 10.0. The summed E-state index contributed by atoms with van der Waals surface area (Å²) in [5.41, 5.74) is 7.64. The van der Waals surface area contributed by atoms with Gasteiger partial charge in [-0.05, 0) is 50.8 Å². The van der Waals surface area contributed by atoms with E-state index >= 15 is 0 Å². The molecule has 0 atom stereocenters. The molecule has 8 rings (SSSR count). The Kier molecular flexibility index (Phi) is 6.82. The molecule has 0 radical (unpaired) electrons. The minimum absolute atomic E-state index is 0.651. The van der Waals surface area contributed by atoms with E-state index in [1.807, 2.05) is 72.0 Å². The van der Waals surface area contributed by atoms with Gasteiger partial charge >= 0.3 is 0 Å². The van der Waals surface area contributed by atoms with E-state index in [1.54, 1.807) is 0 Å². The predicted molar refractivity (Wildman–Crippen MR) is 188 cm³/mol. The van der Waals surface area contributed by atoms with E-state index in [2.05, 4.69) is 101 Å². The molecule has 44 heavy (non-hydrogen) atoms. The van der Waals surface area contributed by atoms with Gasteiger partial charge in [0.25, 0.3) is 0 Å². The van der Waals surface area contributed by atoms with Gasteiger partial charge in [0.1, 0.15) is 0 Å². The summed E-state index contributed by atoms with van der Waals surface area (Å²) in [6, 6.07) is 50.5. The molecule has 3 nitrogen and oxygen atoms in total. The zero-order valence-electron chi connectivity index (χ0n) is 23.5. The number of thiophene rings is 1. The van der Waals surface area contributed by atoms with Gasteiger partial charge in [0.2, 0.25) is 0 Å². The number of aromatic nitrogens is 3. The Morgan fingerprint density at radius 2 is 0.886 bits per heavy atom. The zero-order chi connectivity index (χ0) is 29.5. The van der Waals surface area contributed by atoms with Gasteiger partial charge in [0.15, 0.2) is 17.5 Å². The van der Waals surface area contributed by atoms with E-state index in [0.29, 0.717) is 17.5 Å². The van der Waals surface area contributed by atoms with Crippen molar-refractivity contribution in [1.29, 1.82) is 0 Å². The molecule has 0 N–H and O–H groups in total. The summed E-state index contributed by atoms with van der Waals surface area (Å²) in [7, 11) is 0. The van der Waals surface area contributed by atoms with Gasteiger partial charge in [-0.15, -0.1) is 11.3 Å². The molecule has 2 aromatic heterocycles. The van der Waals surface area contributed by atoms with E-state index in [9.17, 15) is 0 Å². The highest BCUT2D eigenvalue weighted by atomic mass is 79.9. The fourth-order valence-electron chi connectivity index (χ4n) is 5.61. The van der Waals surface area contributed by atoms with E-state index in [1.165, 1.54) is 36.9 Å². The van der Waals surface area contributed by atoms with Gasteiger partial charge in [-0.2, -0.15) is 0 Å². The highest BCUT2D eigenvalue weighted by Gasteiger charge is 2.16. The van der Waals surface area contributed by atoms with Crippen molar-refractivity contribution in [2.45, 2.75) is 0 Å². The van der Waals surface area contributed by atoms with Crippen LogP contribution in [-0.4, -0.2) is 15.0 Å². The largest absolute Gasteiger partial charge is 0.208 e. The van der Waals surface area contributed by atoms with Crippen LogP contribution in [0.5, 0.6) is 0 Å². The van der Waals surface area contributed by atoms with Crippen molar-refractivity contribution < 1.29 is 0 Å². The van der Waals surface area contributed by atoms with Gasteiger partial charge in [0.05, 0.1) is 0 Å². The summed E-state index contributed by atoms with van der Waals surface area (Å²) in [4.78, 5) is 14.6. The third kappa shape index (κ3) is 4.90. The second-order valence-electron chi connectivity index (χ2n) is 10.6. The summed E-state index contributed by atoms with van der Waals surface area (Å²) in [6.07, 6.45) is 0. The molecule has 0 bridgehead atoms. The first kappa shape index (κ1) is 26.6. The highest BCUT2D eigenvalue weighted by Crippen LogP contribution is 2.44. The summed E-state index contributed by atoms with van der Waals surface area (Å²) in [6.45, 7) is 0. The quantitative estimate of drug-likeness (QED) is 0.187. The lowest BCUT2D eigenvalue weighted by Gasteiger charge is -2.11. The number of hydrogen-bond donors (Lipinski definition) is 0. The third-order valence-electron chi connectivity index (χ3n) is 7.81. The Hall–Kier alpha value is -4.97. The van der Waals surface area contributed by atoms with Crippen LogP contribution in [0.15, 0.2) is 150 Å². The Morgan fingerprint density at radius 1 is 0.386 bits per heavy atom. The Bertz CT molecular complexity index is 2210. The number of hydrogen-bond acceptors (Lipinski definition) is 4. The van der Waals surface area contributed by atoms with Gasteiger partial charge in [-0.3, -0.25) is 0 Å². The van der Waals surface area contributed by atoms with Crippen molar-refractivity contribution in [2.75, 3.05) is 0 Å². The minimum atomic E-state index is 0.651. The van der Waals surface area contributed by atoms with Gasteiger partial charge in [0, 0.05) is 46.9 Å². The Labute approximate surface area is 267 Å².